The van der Waals surface area contributed by atoms with Crippen molar-refractivity contribution in [1.82, 2.24) is 4.90 Å². The van der Waals surface area contributed by atoms with E-state index in [1.807, 2.05) is 24.1 Å². The third kappa shape index (κ3) is 3.64. The van der Waals surface area contributed by atoms with Crippen LogP contribution in [-0.4, -0.2) is 39.3 Å². The van der Waals surface area contributed by atoms with Crippen molar-refractivity contribution in [1.29, 1.82) is 5.26 Å². The molecule has 18 heavy (non-hydrogen) atoms. The summed E-state index contributed by atoms with van der Waals surface area (Å²) >= 11 is 0. The fourth-order valence-electron chi connectivity index (χ4n) is 1.80. The maximum Gasteiger partial charge on any atom is 0.161 e. The van der Waals surface area contributed by atoms with Crippen LogP contribution in [0.3, 0.4) is 0 Å². The van der Waals surface area contributed by atoms with Gasteiger partial charge < -0.3 is 9.47 Å². The Bertz CT molecular complexity index is 438. The molecule has 0 bridgehead atoms. The van der Waals surface area contributed by atoms with Crippen molar-refractivity contribution in [2.24, 2.45) is 0 Å². The molecule has 0 atom stereocenters. The van der Waals surface area contributed by atoms with E-state index in [1.165, 1.54) is 11.1 Å². The lowest BCUT2D eigenvalue weighted by Gasteiger charge is -2.15. The van der Waals surface area contributed by atoms with Crippen LogP contribution in [0.4, 0.5) is 0 Å². The molecule has 4 heteroatoms. The normalized spacial score (nSPS) is 10.2. The molecule has 0 aromatic heterocycles. The molecular formula is C14H20N2O2. The van der Waals surface area contributed by atoms with Crippen LogP contribution in [0.2, 0.25) is 0 Å². The highest BCUT2D eigenvalue weighted by molar-refractivity contribution is 5.47. The first-order chi connectivity index (χ1) is 8.62. The standard InChI is InChI=1S/C14H20N2O2/c1-11-9-13(17-3)14(18-4)10-12(11)5-7-16(2)8-6-15/h9-10H,5,7-8H2,1-4H3. The Balaban J connectivity index is 2.80. The van der Waals surface area contributed by atoms with Crippen LogP contribution in [0.1, 0.15) is 11.1 Å². The van der Waals surface area contributed by atoms with Gasteiger partial charge in [-0.15, -0.1) is 0 Å². The third-order valence-corrected chi connectivity index (χ3v) is 2.95. The van der Waals surface area contributed by atoms with Crippen molar-refractivity contribution in [2.45, 2.75) is 13.3 Å². The van der Waals surface area contributed by atoms with Crippen molar-refractivity contribution in [3.63, 3.8) is 0 Å². The van der Waals surface area contributed by atoms with E-state index in [0.717, 1.165) is 24.5 Å². The van der Waals surface area contributed by atoms with Crippen LogP contribution in [0, 0.1) is 18.3 Å². The minimum absolute atomic E-state index is 0.451. The lowest BCUT2D eigenvalue weighted by Crippen LogP contribution is -2.21. The number of rotatable bonds is 6. The predicted octanol–water partition coefficient (Wildman–Crippen LogP) is 2.01. The average molecular weight is 248 g/mol. The smallest absolute Gasteiger partial charge is 0.161 e. The van der Waals surface area contributed by atoms with Gasteiger partial charge in [-0.2, -0.15) is 5.26 Å². The van der Waals surface area contributed by atoms with Gasteiger partial charge in [-0.3, -0.25) is 4.90 Å². The van der Waals surface area contributed by atoms with Gasteiger partial charge >= 0.3 is 0 Å². The highest BCUT2D eigenvalue weighted by Crippen LogP contribution is 2.30. The quantitative estimate of drug-likeness (QED) is 0.722. The zero-order chi connectivity index (χ0) is 13.5. The monoisotopic (exact) mass is 248 g/mol. The molecule has 0 unspecified atom stereocenters. The topological polar surface area (TPSA) is 45.5 Å². The van der Waals surface area contributed by atoms with E-state index in [2.05, 4.69) is 13.0 Å². The number of hydrogen-bond acceptors (Lipinski definition) is 4. The Kier molecular flexibility index (Phi) is 5.47. The first-order valence-corrected chi connectivity index (χ1v) is 5.89. The molecule has 0 heterocycles. The van der Waals surface area contributed by atoms with Gasteiger partial charge in [0.05, 0.1) is 26.8 Å². The fourth-order valence-corrected chi connectivity index (χ4v) is 1.80. The SMILES string of the molecule is COc1cc(C)c(CCN(C)CC#N)cc1OC. The third-order valence-electron chi connectivity index (χ3n) is 2.95. The maximum atomic E-state index is 8.61. The molecule has 1 aromatic carbocycles. The molecule has 0 saturated heterocycles. The Morgan fingerprint density at radius 1 is 1.22 bits per heavy atom. The number of likely N-dealkylation sites (N-methyl/N-ethyl adjacent to an activating group) is 1. The molecule has 0 N–H and O–H groups in total. The number of nitrogens with zero attached hydrogens (tertiary/aromatic N) is 2. The summed E-state index contributed by atoms with van der Waals surface area (Å²) < 4.78 is 10.6. The van der Waals surface area contributed by atoms with Gasteiger partial charge in [-0.05, 0) is 43.7 Å². The van der Waals surface area contributed by atoms with Crippen molar-refractivity contribution in [3.8, 4) is 17.6 Å². The molecule has 0 aliphatic heterocycles. The molecule has 0 fully saturated rings. The first-order valence-electron chi connectivity index (χ1n) is 5.89. The van der Waals surface area contributed by atoms with Crippen molar-refractivity contribution in [2.75, 3.05) is 34.4 Å². The zero-order valence-electron chi connectivity index (χ0n) is 11.5. The van der Waals surface area contributed by atoms with E-state index in [1.54, 1.807) is 14.2 Å². The molecule has 0 aliphatic carbocycles. The summed E-state index contributed by atoms with van der Waals surface area (Å²) in [6.45, 7) is 3.36. The van der Waals surface area contributed by atoms with E-state index in [4.69, 9.17) is 14.7 Å². The molecule has 98 valence electrons. The molecule has 1 aromatic rings. The van der Waals surface area contributed by atoms with Gasteiger partial charge in [0, 0.05) is 6.54 Å². The molecule has 0 aliphatic rings. The van der Waals surface area contributed by atoms with E-state index < -0.39 is 0 Å². The molecule has 0 spiro atoms. The number of hydrogen-bond donors (Lipinski definition) is 0. The lowest BCUT2D eigenvalue weighted by molar-refractivity contribution is 0.353. The van der Waals surface area contributed by atoms with E-state index in [-0.39, 0.29) is 0 Å². The maximum absolute atomic E-state index is 8.61. The van der Waals surface area contributed by atoms with E-state index >= 15 is 0 Å². The second kappa shape index (κ2) is 6.87. The van der Waals surface area contributed by atoms with E-state index in [9.17, 15) is 0 Å². The molecule has 0 amide bonds. The molecule has 0 saturated carbocycles. The second-order valence-electron chi connectivity index (χ2n) is 4.28. The number of aryl methyl sites for hydroxylation is 1. The molecule has 4 nitrogen and oxygen atoms in total. The number of ether oxygens (including phenoxy) is 2. The van der Waals surface area contributed by atoms with Gasteiger partial charge in [-0.1, -0.05) is 0 Å². The van der Waals surface area contributed by atoms with Gasteiger partial charge in [0.25, 0.3) is 0 Å². The van der Waals surface area contributed by atoms with Gasteiger partial charge in [0.2, 0.25) is 0 Å². The number of nitriles is 1. The summed E-state index contributed by atoms with van der Waals surface area (Å²) in [7, 11) is 5.22. The van der Waals surface area contributed by atoms with Crippen LogP contribution in [0.25, 0.3) is 0 Å². The summed E-state index contributed by atoms with van der Waals surface area (Å²) in [5.41, 5.74) is 2.40. The summed E-state index contributed by atoms with van der Waals surface area (Å²) in [5.74, 6) is 1.50. The molecular weight excluding hydrogens is 228 g/mol. The van der Waals surface area contributed by atoms with Crippen molar-refractivity contribution in [3.05, 3.63) is 23.3 Å². The summed E-state index contributed by atoms with van der Waals surface area (Å²) in [4.78, 5) is 2.00. The second-order valence-corrected chi connectivity index (χ2v) is 4.28. The van der Waals surface area contributed by atoms with Gasteiger partial charge in [0.15, 0.2) is 11.5 Å². The minimum Gasteiger partial charge on any atom is -0.493 e. The zero-order valence-corrected chi connectivity index (χ0v) is 11.5. The Morgan fingerprint density at radius 2 is 1.83 bits per heavy atom. The minimum atomic E-state index is 0.451. The summed E-state index contributed by atoms with van der Waals surface area (Å²) in [6, 6.07) is 6.13. The average Bonchev–Trinajstić information content (AvgIpc) is 2.37. The first kappa shape index (κ1) is 14.3. The van der Waals surface area contributed by atoms with E-state index in [0.29, 0.717) is 6.54 Å². The summed E-state index contributed by atoms with van der Waals surface area (Å²) in [6.07, 6.45) is 0.893. The Hall–Kier alpha value is -1.73. The van der Waals surface area contributed by atoms with Gasteiger partial charge in [0.1, 0.15) is 0 Å². The Morgan fingerprint density at radius 3 is 2.39 bits per heavy atom. The number of methoxy groups -OCH3 is 2. The molecule has 0 radical (unpaired) electrons. The van der Waals surface area contributed by atoms with Crippen LogP contribution in [0.5, 0.6) is 11.5 Å². The van der Waals surface area contributed by atoms with Crippen LogP contribution in [-0.2, 0) is 6.42 Å². The van der Waals surface area contributed by atoms with Crippen LogP contribution < -0.4 is 9.47 Å². The number of benzene rings is 1. The Labute approximate surface area is 109 Å². The molecule has 1 rings (SSSR count). The van der Waals surface area contributed by atoms with Crippen LogP contribution in [0.15, 0.2) is 12.1 Å². The van der Waals surface area contributed by atoms with Crippen molar-refractivity contribution >= 4 is 0 Å². The van der Waals surface area contributed by atoms with Crippen LogP contribution >= 0.6 is 0 Å². The largest absolute Gasteiger partial charge is 0.493 e. The summed E-state index contributed by atoms with van der Waals surface area (Å²) in [5, 5.41) is 8.61. The van der Waals surface area contributed by atoms with Crippen molar-refractivity contribution < 1.29 is 9.47 Å². The fraction of sp³-hybridized carbons (Fsp3) is 0.500. The highest BCUT2D eigenvalue weighted by Gasteiger charge is 2.09. The highest BCUT2D eigenvalue weighted by atomic mass is 16.5. The lowest BCUT2D eigenvalue weighted by atomic mass is 10.0. The predicted molar refractivity (Wildman–Crippen MR) is 71.1 cm³/mol. The van der Waals surface area contributed by atoms with Gasteiger partial charge in [-0.25, -0.2) is 0 Å².